The molecule has 1 saturated heterocycles. The van der Waals surface area contributed by atoms with E-state index < -0.39 is 0 Å². The Morgan fingerprint density at radius 2 is 2.13 bits per heavy atom. The van der Waals surface area contributed by atoms with Gasteiger partial charge in [0.25, 0.3) is 0 Å². The Labute approximate surface area is 98.9 Å². The predicted octanol–water partition coefficient (Wildman–Crippen LogP) is 1.06. The number of rotatable bonds is 5. The van der Waals surface area contributed by atoms with Gasteiger partial charge in [-0.1, -0.05) is 26.1 Å². The van der Waals surface area contributed by atoms with Gasteiger partial charge in [-0.3, -0.25) is 0 Å². The second kappa shape index (κ2) is 9.21. The fourth-order valence-corrected chi connectivity index (χ4v) is 1.86. The Bertz CT molecular complexity index is 176. The quantitative estimate of drug-likeness (QED) is 0.695. The molecule has 0 amide bonds. The first-order valence-electron chi connectivity index (χ1n) is 5.79. The summed E-state index contributed by atoms with van der Waals surface area (Å²) in [6.07, 6.45) is 2.11. The molecule has 1 unspecified atom stereocenters. The summed E-state index contributed by atoms with van der Waals surface area (Å²) >= 11 is 5.23. The van der Waals surface area contributed by atoms with Crippen LogP contribution in [-0.2, 0) is 0 Å². The molecule has 0 radical (unpaired) electrons. The molecule has 0 saturated carbocycles. The lowest BCUT2D eigenvalue weighted by atomic mass is 10.1. The first kappa shape index (κ1) is 15.0. The first-order chi connectivity index (χ1) is 7.24. The molecule has 0 bridgehead atoms. The molecule has 4 heteroatoms. The minimum absolute atomic E-state index is 0.235. The number of thiocarbonyl (C=S) groups is 1. The van der Waals surface area contributed by atoms with E-state index in [9.17, 15) is 0 Å². The van der Waals surface area contributed by atoms with E-state index in [-0.39, 0.29) is 6.61 Å². The summed E-state index contributed by atoms with van der Waals surface area (Å²) in [6, 6.07) is 0.427. The lowest BCUT2D eigenvalue weighted by molar-refractivity contribution is 0.219. The van der Waals surface area contributed by atoms with E-state index in [0.717, 1.165) is 37.3 Å². The van der Waals surface area contributed by atoms with Crippen molar-refractivity contribution in [2.24, 2.45) is 0 Å². The molecule has 1 heterocycles. The maximum absolute atomic E-state index is 8.70. The number of hydrogen-bond acceptors (Lipinski definition) is 4. The van der Waals surface area contributed by atoms with E-state index in [2.05, 4.69) is 10.2 Å². The van der Waals surface area contributed by atoms with Crippen molar-refractivity contribution in [3.8, 4) is 0 Å². The van der Waals surface area contributed by atoms with Crippen LogP contribution in [0.15, 0.2) is 0 Å². The van der Waals surface area contributed by atoms with Gasteiger partial charge in [0.1, 0.15) is 0 Å². The fourth-order valence-electron chi connectivity index (χ4n) is 1.55. The molecule has 0 spiro atoms. The van der Waals surface area contributed by atoms with Crippen LogP contribution in [0.25, 0.3) is 0 Å². The lowest BCUT2D eigenvalue weighted by Crippen LogP contribution is -2.32. The van der Waals surface area contributed by atoms with Crippen molar-refractivity contribution in [2.45, 2.75) is 32.7 Å². The first-order valence-corrected chi connectivity index (χ1v) is 6.20. The van der Waals surface area contributed by atoms with Gasteiger partial charge in [-0.15, -0.1) is 0 Å². The number of likely N-dealkylation sites (N-methyl/N-ethyl adjacent to an activating group) is 1. The average Bonchev–Trinajstić information content (AvgIpc) is 2.65. The summed E-state index contributed by atoms with van der Waals surface area (Å²) in [5.41, 5.74) is 0. The van der Waals surface area contributed by atoms with Crippen LogP contribution in [0.4, 0.5) is 0 Å². The highest BCUT2D eigenvalue weighted by Crippen LogP contribution is 2.07. The maximum atomic E-state index is 8.70. The highest BCUT2D eigenvalue weighted by atomic mass is 32.1. The van der Waals surface area contributed by atoms with Gasteiger partial charge < -0.3 is 15.3 Å². The van der Waals surface area contributed by atoms with E-state index in [1.165, 1.54) is 0 Å². The summed E-state index contributed by atoms with van der Waals surface area (Å²) in [5, 5.41) is 12.1. The molecule has 0 aromatic rings. The van der Waals surface area contributed by atoms with E-state index in [1.807, 2.05) is 20.9 Å². The van der Waals surface area contributed by atoms with Crippen LogP contribution in [0.3, 0.4) is 0 Å². The third-order valence-corrected chi connectivity index (χ3v) is 2.92. The number of aliphatic hydroxyl groups excluding tert-OH is 1. The van der Waals surface area contributed by atoms with Crippen molar-refractivity contribution >= 4 is 17.1 Å². The summed E-state index contributed by atoms with van der Waals surface area (Å²) < 4.78 is 0. The van der Waals surface area contributed by atoms with Crippen molar-refractivity contribution in [3.05, 3.63) is 0 Å². The molecule has 2 N–H and O–H groups in total. The standard InChI is InChI=1S/C9H18N2OS.C2H6/c1-11(6-7-12)5-3-8-9(13)2-4-10-8;1-2/h8,10,12H,2-7H2,1H3;1-2H3. The van der Waals surface area contributed by atoms with Gasteiger partial charge in [-0.25, -0.2) is 0 Å². The van der Waals surface area contributed by atoms with E-state index >= 15 is 0 Å². The van der Waals surface area contributed by atoms with Crippen LogP contribution >= 0.6 is 12.2 Å². The van der Waals surface area contributed by atoms with E-state index in [4.69, 9.17) is 17.3 Å². The second-order valence-electron chi connectivity index (χ2n) is 3.54. The molecule has 1 aliphatic heterocycles. The van der Waals surface area contributed by atoms with Crippen LogP contribution < -0.4 is 5.32 Å². The SMILES string of the molecule is CC.CN(CCO)CCC1NCCC1=S. The van der Waals surface area contributed by atoms with Gasteiger partial charge in [0.2, 0.25) is 0 Å². The van der Waals surface area contributed by atoms with E-state index in [0.29, 0.717) is 6.04 Å². The molecule has 3 nitrogen and oxygen atoms in total. The molecule has 0 aliphatic carbocycles. The van der Waals surface area contributed by atoms with Crippen molar-refractivity contribution < 1.29 is 5.11 Å². The Kier molecular flexibility index (Phi) is 9.20. The number of hydrogen-bond donors (Lipinski definition) is 2. The largest absolute Gasteiger partial charge is 0.395 e. The number of nitrogens with zero attached hydrogens (tertiary/aromatic N) is 1. The Hall–Kier alpha value is -0.0300. The summed E-state index contributed by atoms with van der Waals surface area (Å²) in [7, 11) is 2.02. The minimum atomic E-state index is 0.235. The van der Waals surface area contributed by atoms with Gasteiger partial charge in [-0.2, -0.15) is 0 Å². The molecule has 90 valence electrons. The second-order valence-corrected chi connectivity index (χ2v) is 4.06. The highest BCUT2D eigenvalue weighted by molar-refractivity contribution is 7.80. The van der Waals surface area contributed by atoms with Crippen LogP contribution in [0.5, 0.6) is 0 Å². The van der Waals surface area contributed by atoms with Crippen LogP contribution in [0.2, 0.25) is 0 Å². The molecule has 1 rings (SSSR count). The Morgan fingerprint density at radius 1 is 1.47 bits per heavy atom. The zero-order valence-electron chi connectivity index (χ0n) is 10.1. The molecule has 15 heavy (non-hydrogen) atoms. The monoisotopic (exact) mass is 232 g/mol. The third kappa shape index (κ3) is 6.20. The molecule has 0 aromatic carbocycles. The maximum Gasteiger partial charge on any atom is 0.0558 e. The molecule has 1 aliphatic rings. The smallest absolute Gasteiger partial charge is 0.0558 e. The van der Waals surface area contributed by atoms with Gasteiger partial charge in [-0.05, 0) is 26.4 Å². The highest BCUT2D eigenvalue weighted by Gasteiger charge is 2.19. The zero-order chi connectivity index (χ0) is 11.7. The Balaban J connectivity index is 0.000000921. The van der Waals surface area contributed by atoms with Crippen LogP contribution in [0.1, 0.15) is 26.7 Å². The summed E-state index contributed by atoms with van der Waals surface area (Å²) in [6.45, 7) is 7.02. The zero-order valence-corrected chi connectivity index (χ0v) is 10.9. The summed E-state index contributed by atoms with van der Waals surface area (Å²) in [4.78, 5) is 3.29. The number of nitrogens with one attached hydrogen (secondary N) is 1. The average molecular weight is 232 g/mol. The van der Waals surface area contributed by atoms with Crippen molar-refractivity contribution in [2.75, 3.05) is 33.3 Å². The molecule has 1 atom stereocenters. The third-order valence-electron chi connectivity index (χ3n) is 2.43. The molecular weight excluding hydrogens is 208 g/mol. The molecule has 1 fully saturated rings. The fraction of sp³-hybridized carbons (Fsp3) is 0.909. The number of aliphatic hydroxyl groups is 1. The Morgan fingerprint density at radius 3 is 2.60 bits per heavy atom. The normalized spacial score (nSPS) is 20.3. The van der Waals surface area contributed by atoms with Crippen molar-refractivity contribution in [1.82, 2.24) is 10.2 Å². The molecule has 0 aromatic heterocycles. The van der Waals surface area contributed by atoms with E-state index in [1.54, 1.807) is 0 Å². The van der Waals surface area contributed by atoms with Gasteiger partial charge in [0, 0.05) is 24.0 Å². The molecular formula is C11H24N2OS. The summed E-state index contributed by atoms with van der Waals surface area (Å²) in [5.74, 6) is 0. The van der Waals surface area contributed by atoms with Crippen molar-refractivity contribution in [3.63, 3.8) is 0 Å². The minimum Gasteiger partial charge on any atom is -0.395 e. The van der Waals surface area contributed by atoms with Gasteiger partial charge in [0.05, 0.1) is 6.61 Å². The van der Waals surface area contributed by atoms with Crippen LogP contribution in [0, 0.1) is 0 Å². The topological polar surface area (TPSA) is 35.5 Å². The van der Waals surface area contributed by atoms with Gasteiger partial charge in [0.15, 0.2) is 0 Å². The van der Waals surface area contributed by atoms with Gasteiger partial charge >= 0.3 is 0 Å². The van der Waals surface area contributed by atoms with Crippen molar-refractivity contribution in [1.29, 1.82) is 0 Å². The lowest BCUT2D eigenvalue weighted by Gasteiger charge is -2.17. The van der Waals surface area contributed by atoms with Crippen LogP contribution in [-0.4, -0.2) is 54.2 Å². The predicted molar refractivity (Wildman–Crippen MR) is 69.6 cm³/mol.